The lowest BCUT2D eigenvalue weighted by molar-refractivity contribution is 0.0313. The summed E-state index contributed by atoms with van der Waals surface area (Å²) >= 11 is 0. The van der Waals surface area contributed by atoms with Crippen LogP contribution in [0.4, 0.5) is 0 Å². The second-order valence-electron chi connectivity index (χ2n) is 9.44. The molecule has 3 atom stereocenters. The minimum Gasteiger partial charge on any atom is -0.472 e. The van der Waals surface area contributed by atoms with Crippen molar-refractivity contribution in [2.45, 2.75) is 26.0 Å². The molecule has 1 aliphatic heterocycles. The summed E-state index contributed by atoms with van der Waals surface area (Å²) in [6, 6.07) is 19.5. The van der Waals surface area contributed by atoms with Gasteiger partial charge < -0.3 is 19.6 Å². The summed E-state index contributed by atoms with van der Waals surface area (Å²) in [7, 11) is 1.73. The summed E-state index contributed by atoms with van der Waals surface area (Å²) in [5.41, 5.74) is 2.93. The van der Waals surface area contributed by atoms with Gasteiger partial charge >= 0.3 is 0 Å². The molecular formula is C29H30N4O4. The number of aliphatic hydroxyl groups excluding tert-OH is 1. The van der Waals surface area contributed by atoms with E-state index < -0.39 is 12.1 Å². The van der Waals surface area contributed by atoms with Gasteiger partial charge in [-0.1, -0.05) is 37.3 Å². The number of hydrogen-bond acceptors (Lipinski definition) is 6. The van der Waals surface area contributed by atoms with Gasteiger partial charge in [-0.15, -0.1) is 0 Å². The number of aliphatic hydroxyl groups is 1. The highest BCUT2D eigenvalue weighted by Gasteiger charge is 2.35. The maximum Gasteiger partial charge on any atom is 0.259 e. The molecule has 8 heteroatoms. The fourth-order valence-corrected chi connectivity index (χ4v) is 4.37. The van der Waals surface area contributed by atoms with E-state index in [1.165, 1.54) is 0 Å². The lowest BCUT2D eigenvalue weighted by Gasteiger charge is -2.37. The molecule has 37 heavy (non-hydrogen) atoms. The van der Waals surface area contributed by atoms with Gasteiger partial charge in [0.15, 0.2) is 0 Å². The number of rotatable bonds is 6. The van der Waals surface area contributed by atoms with E-state index in [0.717, 1.165) is 5.56 Å². The molecule has 190 valence electrons. The van der Waals surface area contributed by atoms with Gasteiger partial charge in [-0.05, 0) is 42.8 Å². The minimum atomic E-state index is -0.439. The molecule has 2 heterocycles. The lowest BCUT2D eigenvalue weighted by atomic mass is 9.98. The lowest BCUT2D eigenvalue weighted by Crippen LogP contribution is -2.50. The van der Waals surface area contributed by atoms with E-state index in [2.05, 4.69) is 11.1 Å². The SMILES string of the molecule is C[C@@H]1CN([C@H](C)CO)C(=O)c2cc(-c3ccc(C#N)cc3)cnc2O[C@H]1CN(C)C(=O)c1ccccc1. The summed E-state index contributed by atoms with van der Waals surface area (Å²) in [6.07, 6.45) is 1.20. The first-order valence-corrected chi connectivity index (χ1v) is 12.2. The Bertz CT molecular complexity index is 1300. The highest BCUT2D eigenvalue weighted by molar-refractivity contribution is 5.98. The Kier molecular flexibility index (Phi) is 7.85. The van der Waals surface area contributed by atoms with Crippen molar-refractivity contribution in [2.75, 3.05) is 26.7 Å². The molecule has 1 aliphatic rings. The Hall–Kier alpha value is -4.22. The number of carbonyl (C=O) groups is 2. The summed E-state index contributed by atoms with van der Waals surface area (Å²) in [5.74, 6) is -0.357. The molecule has 1 aromatic heterocycles. The molecule has 2 amide bonds. The summed E-state index contributed by atoms with van der Waals surface area (Å²) in [5, 5.41) is 19.0. The Morgan fingerprint density at radius 3 is 2.57 bits per heavy atom. The molecule has 2 aromatic carbocycles. The number of likely N-dealkylation sites (N-methyl/N-ethyl adjacent to an activating group) is 1. The van der Waals surface area contributed by atoms with Crippen molar-refractivity contribution in [3.05, 3.63) is 83.6 Å². The minimum absolute atomic E-state index is 0.125. The van der Waals surface area contributed by atoms with Crippen LogP contribution in [-0.2, 0) is 0 Å². The number of carbonyl (C=O) groups excluding carboxylic acids is 2. The van der Waals surface area contributed by atoms with Crippen molar-refractivity contribution < 1.29 is 19.4 Å². The fraction of sp³-hybridized carbons (Fsp3) is 0.310. The summed E-state index contributed by atoms with van der Waals surface area (Å²) in [4.78, 5) is 34.4. The Morgan fingerprint density at radius 2 is 1.92 bits per heavy atom. The molecule has 0 saturated heterocycles. The first kappa shape index (κ1) is 25.9. The van der Waals surface area contributed by atoms with Crippen molar-refractivity contribution >= 4 is 11.8 Å². The number of nitriles is 1. The van der Waals surface area contributed by atoms with Crippen LogP contribution in [0.5, 0.6) is 5.88 Å². The zero-order chi connectivity index (χ0) is 26.5. The summed E-state index contributed by atoms with van der Waals surface area (Å²) in [6.45, 7) is 4.22. The van der Waals surface area contributed by atoms with Gasteiger partial charge in [0.2, 0.25) is 5.88 Å². The van der Waals surface area contributed by atoms with E-state index in [1.54, 1.807) is 72.4 Å². The van der Waals surface area contributed by atoms with Crippen LogP contribution in [0.2, 0.25) is 0 Å². The highest BCUT2D eigenvalue weighted by atomic mass is 16.5. The van der Waals surface area contributed by atoms with Crippen LogP contribution in [0.25, 0.3) is 11.1 Å². The number of amides is 2. The van der Waals surface area contributed by atoms with Crippen LogP contribution < -0.4 is 4.74 Å². The number of pyridine rings is 1. The number of aromatic nitrogens is 1. The molecule has 0 spiro atoms. The second kappa shape index (κ2) is 11.2. The number of nitrogens with zero attached hydrogens (tertiary/aromatic N) is 4. The predicted octanol–water partition coefficient (Wildman–Crippen LogP) is 3.61. The Morgan fingerprint density at radius 1 is 1.22 bits per heavy atom. The van der Waals surface area contributed by atoms with Crippen LogP contribution in [0.15, 0.2) is 66.9 Å². The molecule has 3 aromatic rings. The van der Waals surface area contributed by atoms with Crippen LogP contribution in [0, 0.1) is 17.2 Å². The maximum absolute atomic E-state index is 13.6. The molecular weight excluding hydrogens is 468 g/mol. The van der Waals surface area contributed by atoms with E-state index in [1.807, 2.05) is 25.1 Å². The van der Waals surface area contributed by atoms with Crippen LogP contribution >= 0.6 is 0 Å². The van der Waals surface area contributed by atoms with Gasteiger partial charge in [-0.25, -0.2) is 4.98 Å². The molecule has 8 nitrogen and oxygen atoms in total. The van der Waals surface area contributed by atoms with E-state index in [0.29, 0.717) is 29.8 Å². The van der Waals surface area contributed by atoms with Crippen molar-refractivity contribution in [1.29, 1.82) is 5.26 Å². The second-order valence-corrected chi connectivity index (χ2v) is 9.44. The topological polar surface area (TPSA) is 107 Å². The van der Waals surface area contributed by atoms with E-state index in [4.69, 9.17) is 10.00 Å². The van der Waals surface area contributed by atoms with Gasteiger partial charge in [0.25, 0.3) is 11.8 Å². The summed E-state index contributed by atoms with van der Waals surface area (Å²) < 4.78 is 6.31. The normalized spacial score (nSPS) is 18.0. The van der Waals surface area contributed by atoms with Crippen LogP contribution in [-0.4, -0.2) is 70.6 Å². The molecule has 4 rings (SSSR count). The smallest absolute Gasteiger partial charge is 0.259 e. The first-order chi connectivity index (χ1) is 17.8. The largest absolute Gasteiger partial charge is 0.472 e. The third-order valence-electron chi connectivity index (χ3n) is 6.69. The Balaban J connectivity index is 1.68. The van der Waals surface area contributed by atoms with E-state index in [9.17, 15) is 14.7 Å². The molecule has 0 radical (unpaired) electrons. The fourth-order valence-electron chi connectivity index (χ4n) is 4.37. The number of ether oxygens (including phenoxy) is 1. The highest BCUT2D eigenvalue weighted by Crippen LogP contribution is 2.30. The van der Waals surface area contributed by atoms with Crippen molar-refractivity contribution in [3.8, 4) is 23.1 Å². The third-order valence-corrected chi connectivity index (χ3v) is 6.69. The standard InChI is InChI=1S/C29H30N4O4/c1-19-16-33(20(2)18-34)29(36)25-13-24(22-11-9-21(14-30)10-12-22)15-31-27(25)37-26(19)17-32(3)28(35)23-7-5-4-6-8-23/h4-13,15,19-20,26,34H,16-18H2,1-3H3/t19-,20-,26+/m1/s1. The van der Waals surface area contributed by atoms with Crippen molar-refractivity contribution in [3.63, 3.8) is 0 Å². The number of benzene rings is 2. The number of hydrogen-bond donors (Lipinski definition) is 1. The monoisotopic (exact) mass is 498 g/mol. The quantitative estimate of drug-likeness (QED) is 0.556. The van der Waals surface area contributed by atoms with Crippen LogP contribution in [0.1, 0.15) is 40.1 Å². The van der Waals surface area contributed by atoms with Gasteiger partial charge in [0, 0.05) is 36.8 Å². The number of fused-ring (bicyclic) bond motifs is 1. The van der Waals surface area contributed by atoms with E-state index in [-0.39, 0.29) is 35.8 Å². The van der Waals surface area contributed by atoms with Gasteiger partial charge in [0.05, 0.1) is 30.8 Å². The maximum atomic E-state index is 13.6. The van der Waals surface area contributed by atoms with Crippen molar-refractivity contribution in [2.24, 2.45) is 5.92 Å². The molecule has 0 saturated carbocycles. The molecule has 1 N–H and O–H groups in total. The molecule has 0 aliphatic carbocycles. The Labute approximate surface area is 216 Å². The first-order valence-electron chi connectivity index (χ1n) is 12.2. The van der Waals surface area contributed by atoms with Crippen molar-refractivity contribution in [1.82, 2.24) is 14.8 Å². The van der Waals surface area contributed by atoms with Crippen LogP contribution in [0.3, 0.4) is 0 Å². The molecule has 0 fully saturated rings. The average Bonchev–Trinajstić information content (AvgIpc) is 2.94. The zero-order valence-corrected chi connectivity index (χ0v) is 21.2. The van der Waals surface area contributed by atoms with Gasteiger partial charge in [-0.3, -0.25) is 9.59 Å². The predicted molar refractivity (Wildman–Crippen MR) is 139 cm³/mol. The van der Waals surface area contributed by atoms with Gasteiger partial charge in [-0.2, -0.15) is 5.26 Å². The van der Waals surface area contributed by atoms with Gasteiger partial charge in [0.1, 0.15) is 11.7 Å². The van der Waals surface area contributed by atoms with E-state index >= 15 is 0 Å². The zero-order valence-electron chi connectivity index (χ0n) is 21.2. The molecule has 0 unspecified atom stereocenters. The average molecular weight is 499 g/mol. The third kappa shape index (κ3) is 5.63. The molecule has 0 bridgehead atoms.